The highest BCUT2D eigenvalue weighted by atomic mass is 16.2. The minimum absolute atomic E-state index is 0.143. The molecule has 1 aliphatic rings. The fourth-order valence-electron chi connectivity index (χ4n) is 3.95. The molecule has 0 saturated carbocycles. The molecule has 0 unspecified atom stereocenters. The van der Waals surface area contributed by atoms with Crippen molar-refractivity contribution in [1.82, 2.24) is 0 Å². The predicted molar refractivity (Wildman–Crippen MR) is 119 cm³/mol. The van der Waals surface area contributed by atoms with Crippen LogP contribution in [0.3, 0.4) is 0 Å². The SMILES string of the molecule is CCCCCCCCCC/C=C1/C(=O)N(Cc2ccccc2)c2ccccc21. The lowest BCUT2D eigenvalue weighted by molar-refractivity contribution is -0.113. The van der Waals surface area contributed by atoms with E-state index in [9.17, 15) is 4.79 Å². The Morgan fingerprint density at radius 2 is 1.43 bits per heavy atom. The van der Waals surface area contributed by atoms with E-state index in [-0.39, 0.29) is 5.91 Å². The van der Waals surface area contributed by atoms with Gasteiger partial charge in [0.05, 0.1) is 12.2 Å². The van der Waals surface area contributed by atoms with Gasteiger partial charge in [-0.25, -0.2) is 0 Å². The van der Waals surface area contributed by atoms with Crippen LogP contribution in [0, 0.1) is 0 Å². The van der Waals surface area contributed by atoms with Crippen LogP contribution in [0.5, 0.6) is 0 Å². The largest absolute Gasteiger partial charge is 0.303 e. The predicted octanol–water partition coefficient (Wildman–Crippen LogP) is 7.15. The molecule has 0 spiro atoms. The quantitative estimate of drug-likeness (QED) is 0.302. The molecule has 0 fully saturated rings. The van der Waals surface area contributed by atoms with Gasteiger partial charge in [0, 0.05) is 11.1 Å². The summed E-state index contributed by atoms with van der Waals surface area (Å²) < 4.78 is 0. The average molecular weight is 376 g/mol. The molecule has 0 aromatic heterocycles. The highest BCUT2D eigenvalue weighted by Gasteiger charge is 2.31. The summed E-state index contributed by atoms with van der Waals surface area (Å²) in [5, 5.41) is 0. The first-order valence-corrected chi connectivity index (χ1v) is 11.0. The lowest BCUT2D eigenvalue weighted by Crippen LogP contribution is -2.25. The Morgan fingerprint density at radius 1 is 0.786 bits per heavy atom. The Kier molecular flexibility index (Phi) is 7.90. The number of fused-ring (bicyclic) bond motifs is 1. The lowest BCUT2D eigenvalue weighted by Gasteiger charge is -2.17. The van der Waals surface area contributed by atoms with Gasteiger partial charge in [0.1, 0.15) is 0 Å². The first kappa shape index (κ1) is 20.4. The molecular formula is C26H33NO. The lowest BCUT2D eigenvalue weighted by atomic mass is 10.0. The van der Waals surface area contributed by atoms with E-state index >= 15 is 0 Å². The van der Waals surface area contributed by atoms with E-state index in [0.29, 0.717) is 6.54 Å². The second-order valence-electron chi connectivity index (χ2n) is 7.78. The third kappa shape index (κ3) is 5.34. The van der Waals surface area contributed by atoms with Crippen molar-refractivity contribution < 1.29 is 4.79 Å². The molecule has 0 N–H and O–H groups in total. The molecule has 0 saturated heterocycles. The Morgan fingerprint density at radius 3 is 2.18 bits per heavy atom. The molecule has 0 radical (unpaired) electrons. The number of para-hydroxylation sites is 1. The number of carbonyl (C=O) groups excluding carboxylic acids is 1. The fraction of sp³-hybridized carbons (Fsp3) is 0.423. The van der Waals surface area contributed by atoms with Gasteiger partial charge in [-0.3, -0.25) is 4.79 Å². The number of unbranched alkanes of at least 4 members (excludes halogenated alkanes) is 8. The Labute approximate surface area is 170 Å². The third-order valence-electron chi connectivity index (χ3n) is 5.55. The summed E-state index contributed by atoms with van der Waals surface area (Å²) in [6, 6.07) is 18.4. The van der Waals surface area contributed by atoms with Crippen LogP contribution in [0.1, 0.15) is 75.8 Å². The standard InChI is InChI=1S/C26H33NO/c1-2-3-4-5-6-7-8-9-13-19-24-23-18-14-15-20-25(23)27(26(24)28)21-22-16-11-10-12-17-22/h10-12,14-20H,2-9,13,21H2,1H3/b24-19+. The van der Waals surface area contributed by atoms with Crippen molar-refractivity contribution in [3.05, 3.63) is 71.8 Å². The molecule has 2 nitrogen and oxygen atoms in total. The van der Waals surface area contributed by atoms with Crippen molar-refractivity contribution in [1.29, 1.82) is 0 Å². The van der Waals surface area contributed by atoms with Crippen LogP contribution in [0.25, 0.3) is 5.57 Å². The monoisotopic (exact) mass is 375 g/mol. The van der Waals surface area contributed by atoms with Crippen LogP contribution in [-0.2, 0) is 11.3 Å². The minimum atomic E-state index is 0.143. The first-order valence-electron chi connectivity index (χ1n) is 11.0. The molecule has 148 valence electrons. The first-order chi connectivity index (χ1) is 13.8. The number of rotatable bonds is 11. The number of hydrogen-bond donors (Lipinski definition) is 0. The van der Waals surface area contributed by atoms with Crippen molar-refractivity contribution in [2.24, 2.45) is 0 Å². The molecule has 28 heavy (non-hydrogen) atoms. The minimum Gasteiger partial charge on any atom is -0.303 e. The molecule has 1 aliphatic heterocycles. The van der Waals surface area contributed by atoms with Crippen LogP contribution in [0.2, 0.25) is 0 Å². The second kappa shape index (κ2) is 10.8. The number of anilines is 1. The van der Waals surface area contributed by atoms with E-state index in [4.69, 9.17) is 0 Å². The van der Waals surface area contributed by atoms with E-state index < -0.39 is 0 Å². The molecule has 1 amide bonds. The van der Waals surface area contributed by atoms with Gasteiger partial charge in [-0.1, -0.05) is 106 Å². The summed E-state index contributed by atoms with van der Waals surface area (Å²) >= 11 is 0. The van der Waals surface area contributed by atoms with Crippen molar-refractivity contribution in [3.63, 3.8) is 0 Å². The van der Waals surface area contributed by atoms with E-state index in [1.165, 1.54) is 51.4 Å². The number of hydrogen-bond acceptors (Lipinski definition) is 1. The molecule has 0 aliphatic carbocycles. The molecule has 0 atom stereocenters. The van der Waals surface area contributed by atoms with Gasteiger partial charge in [-0.05, 0) is 24.5 Å². The van der Waals surface area contributed by atoms with Crippen LogP contribution in [0.15, 0.2) is 60.7 Å². The maximum Gasteiger partial charge on any atom is 0.258 e. The third-order valence-corrected chi connectivity index (χ3v) is 5.55. The summed E-state index contributed by atoms with van der Waals surface area (Å²) in [4.78, 5) is 15.0. The normalized spacial score (nSPS) is 14.7. The van der Waals surface area contributed by atoms with Crippen molar-refractivity contribution in [2.45, 2.75) is 71.3 Å². The molecule has 2 heteroatoms. The molecule has 0 bridgehead atoms. The average Bonchev–Trinajstić information content (AvgIpc) is 2.99. The van der Waals surface area contributed by atoms with E-state index in [1.54, 1.807) is 0 Å². The Hall–Kier alpha value is -2.35. The maximum atomic E-state index is 13.1. The van der Waals surface area contributed by atoms with Crippen molar-refractivity contribution in [2.75, 3.05) is 4.90 Å². The molecular weight excluding hydrogens is 342 g/mol. The number of amides is 1. The van der Waals surface area contributed by atoms with Gasteiger partial charge >= 0.3 is 0 Å². The summed E-state index contributed by atoms with van der Waals surface area (Å²) in [6.45, 7) is 2.89. The molecule has 1 heterocycles. The highest BCUT2D eigenvalue weighted by Crippen LogP contribution is 2.37. The van der Waals surface area contributed by atoms with Gasteiger partial charge in [0.25, 0.3) is 5.91 Å². The number of benzene rings is 2. The van der Waals surface area contributed by atoms with E-state index in [1.807, 2.05) is 35.2 Å². The fourth-order valence-corrected chi connectivity index (χ4v) is 3.95. The smallest absolute Gasteiger partial charge is 0.258 e. The summed E-state index contributed by atoms with van der Waals surface area (Å²) in [6.07, 6.45) is 13.7. The summed E-state index contributed by atoms with van der Waals surface area (Å²) in [5.74, 6) is 0.143. The topological polar surface area (TPSA) is 20.3 Å². The zero-order valence-electron chi connectivity index (χ0n) is 17.2. The van der Waals surface area contributed by atoms with Gasteiger partial charge in [-0.2, -0.15) is 0 Å². The maximum absolute atomic E-state index is 13.1. The number of nitrogens with zero attached hydrogens (tertiary/aromatic N) is 1. The summed E-state index contributed by atoms with van der Waals surface area (Å²) in [5.41, 5.74) is 4.17. The van der Waals surface area contributed by atoms with Crippen LogP contribution in [-0.4, -0.2) is 5.91 Å². The van der Waals surface area contributed by atoms with Gasteiger partial charge in [0.15, 0.2) is 0 Å². The van der Waals surface area contributed by atoms with E-state index in [2.05, 4.69) is 37.3 Å². The molecule has 3 rings (SSSR count). The Bertz CT molecular complexity index is 778. The van der Waals surface area contributed by atoms with Gasteiger partial charge in [-0.15, -0.1) is 0 Å². The summed E-state index contributed by atoms with van der Waals surface area (Å²) in [7, 11) is 0. The Balaban J connectivity index is 1.56. The number of carbonyl (C=O) groups is 1. The van der Waals surface area contributed by atoms with Crippen LogP contribution < -0.4 is 4.90 Å². The van der Waals surface area contributed by atoms with Gasteiger partial charge < -0.3 is 4.90 Å². The van der Waals surface area contributed by atoms with Gasteiger partial charge in [0.2, 0.25) is 0 Å². The van der Waals surface area contributed by atoms with Crippen LogP contribution in [0.4, 0.5) is 5.69 Å². The highest BCUT2D eigenvalue weighted by molar-refractivity contribution is 6.32. The molecule has 2 aromatic rings. The zero-order chi connectivity index (χ0) is 19.6. The second-order valence-corrected chi connectivity index (χ2v) is 7.78. The molecule has 2 aromatic carbocycles. The van der Waals surface area contributed by atoms with Crippen molar-refractivity contribution in [3.8, 4) is 0 Å². The van der Waals surface area contributed by atoms with Crippen molar-refractivity contribution >= 4 is 17.2 Å². The van der Waals surface area contributed by atoms with E-state index in [0.717, 1.165) is 28.8 Å². The zero-order valence-corrected chi connectivity index (χ0v) is 17.2. The number of allylic oxidation sites excluding steroid dienone is 1. The van der Waals surface area contributed by atoms with Crippen LogP contribution >= 0.6 is 0 Å².